The van der Waals surface area contributed by atoms with Crippen LogP contribution in [0.5, 0.6) is 11.5 Å². The van der Waals surface area contributed by atoms with Gasteiger partial charge in [-0.1, -0.05) is 42.5 Å². The Morgan fingerprint density at radius 1 is 0.939 bits per heavy atom. The molecule has 3 aromatic carbocycles. The van der Waals surface area contributed by atoms with Gasteiger partial charge in [-0.3, -0.25) is 9.59 Å². The Kier molecular flexibility index (Phi) is 6.82. The summed E-state index contributed by atoms with van der Waals surface area (Å²) in [6.45, 7) is 3.00. The highest BCUT2D eigenvalue weighted by Crippen LogP contribution is 2.30. The minimum atomic E-state index is -0.246. The van der Waals surface area contributed by atoms with Gasteiger partial charge in [-0.25, -0.2) is 0 Å². The first-order valence-electron chi connectivity index (χ1n) is 11.3. The molecule has 1 saturated heterocycles. The molecule has 1 fully saturated rings. The summed E-state index contributed by atoms with van der Waals surface area (Å²) in [5.41, 5.74) is 1.57. The molecule has 2 amide bonds. The molecule has 1 aliphatic rings. The van der Waals surface area contributed by atoms with Crippen molar-refractivity contribution in [1.82, 2.24) is 10.2 Å². The van der Waals surface area contributed by atoms with Crippen LogP contribution in [-0.4, -0.2) is 44.0 Å². The predicted octanol–water partition coefficient (Wildman–Crippen LogP) is 4.59. The standard InChI is InChI=1S/C27H30N2O4/c1-18(20-10-6-7-13-24(20)32-2)28-26(30)19-9-8-16-29(17-19)27(31)23-14-15-25(33-3)22-12-5-4-11-21(22)23/h4-7,10-15,18-19H,8-9,16-17H2,1-3H3,(H,28,30). The number of rotatable bonds is 6. The smallest absolute Gasteiger partial charge is 0.254 e. The minimum absolute atomic E-state index is 0.0366. The molecule has 0 spiro atoms. The van der Waals surface area contributed by atoms with Gasteiger partial charge in [0.25, 0.3) is 5.91 Å². The van der Waals surface area contributed by atoms with E-state index in [0.717, 1.165) is 40.7 Å². The van der Waals surface area contributed by atoms with Gasteiger partial charge in [0.15, 0.2) is 0 Å². The van der Waals surface area contributed by atoms with Gasteiger partial charge >= 0.3 is 0 Å². The number of likely N-dealkylation sites (tertiary alicyclic amines) is 1. The molecule has 1 heterocycles. The van der Waals surface area contributed by atoms with Gasteiger partial charge in [0.1, 0.15) is 11.5 Å². The van der Waals surface area contributed by atoms with Gasteiger partial charge in [-0.2, -0.15) is 0 Å². The lowest BCUT2D eigenvalue weighted by Gasteiger charge is -2.33. The van der Waals surface area contributed by atoms with Crippen LogP contribution in [0.1, 0.15) is 41.7 Å². The van der Waals surface area contributed by atoms with Crippen LogP contribution in [-0.2, 0) is 4.79 Å². The van der Waals surface area contributed by atoms with Crippen LogP contribution in [0.2, 0.25) is 0 Å². The van der Waals surface area contributed by atoms with Gasteiger partial charge in [0.2, 0.25) is 5.91 Å². The lowest BCUT2D eigenvalue weighted by Crippen LogP contribution is -2.46. The molecule has 6 heteroatoms. The van der Waals surface area contributed by atoms with Crippen LogP contribution in [0.4, 0.5) is 0 Å². The molecule has 3 aromatic rings. The van der Waals surface area contributed by atoms with Gasteiger partial charge < -0.3 is 19.7 Å². The molecule has 0 radical (unpaired) electrons. The molecule has 0 saturated carbocycles. The van der Waals surface area contributed by atoms with Crippen molar-refractivity contribution in [2.45, 2.75) is 25.8 Å². The zero-order valence-electron chi connectivity index (χ0n) is 19.3. The fourth-order valence-corrected chi connectivity index (χ4v) is 4.62. The van der Waals surface area contributed by atoms with Crippen LogP contribution < -0.4 is 14.8 Å². The Morgan fingerprint density at radius 3 is 2.39 bits per heavy atom. The summed E-state index contributed by atoms with van der Waals surface area (Å²) in [6.07, 6.45) is 1.55. The molecule has 6 nitrogen and oxygen atoms in total. The quantitative estimate of drug-likeness (QED) is 0.602. The molecule has 0 aromatic heterocycles. The Bertz CT molecular complexity index is 1160. The van der Waals surface area contributed by atoms with E-state index in [-0.39, 0.29) is 23.8 Å². The van der Waals surface area contributed by atoms with Crippen LogP contribution in [0.3, 0.4) is 0 Å². The number of hydrogen-bond donors (Lipinski definition) is 1. The molecular weight excluding hydrogens is 416 g/mol. The van der Waals surface area contributed by atoms with E-state index in [2.05, 4.69) is 5.32 Å². The van der Waals surface area contributed by atoms with E-state index in [1.54, 1.807) is 19.1 Å². The van der Waals surface area contributed by atoms with Crippen molar-refractivity contribution in [3.05, 3.63) is 71.8 Å². The van der Waals surface area contributed by atoms with E-state index in [1.807, 2.05) is 67.6 Å². The average molecular weight is 447 g/mol. The van der Waals surface area contributed by atoms with Gasteiger partial charge in [0, 0.05) is 29.6 Å². The molecule has 0 aliphatic carbocycles. The first-order valence-corrected chi connectivity index (χ1v) is 11.3. The normalized spacial score (nSPS) is 16.8. The SMILES string of the molecule is COc1ccccc1C(C)NC(=O)C1CCCN(C(=O)c2ccc(OC)c3ccccc23)C1. The number of piperidine rings is 1. The van der Waals surface area contributed by atoms with E-state index in [0.29, 0.717) is 18.7 Å². The fraction of sp³-hybridized carbons (Fsp3) is 0.333. The number of nitrogens with one attached hydrogen (secondary N) is 1. The summed E-state index contributed by atoms with van der Waals surface area (Å²) in [4.78, 5) is 28.3. The van der Waals surface area contributed by atoms with Gasteiger partial charge in [-0.15, -0.1) is 0 Å². The van der Waals surface area contributed by atoms with Crippen LogP contribution in [0, 0.1) is 5.92 Å². The number of para-hydroxylation sites is 1. The number of fused-ring (bicyclic) bond motifs is 1. The first-order chi connectivity index (χ1) is 16.0. The van der Waals surface area contributed by atoms with Crippen molar-refractivity contribution >= 4 is 22.6 Å². The zero-order chi connectivity index (χ0) is 23.4. The highest BCUT2D eigenvalue weighted by atomic mass is 16.5. The number of benzene rings is 3. The number of methoxy groups -OCH3 is 2. The third-order valence-electron chi connectivity index (χ3n) is 6.38. The molecule has 1 aliphatic heterocycles. The second kappa shape index (κ2) is 9.94. The number of amides is 2. The monoisotopic (exact) mass is 446 g/mol. The maximum atomic E-state index is 13.4. The van der Waals surface area contributed by atoms with Crippen molar-refractivity contribution in [1.29, 1.82) is 0 Å². The third-order valence-corrected chi connectivity index (χ3v) is 6.38. The molecule has 172 valence electrons. The third kappa shape index (κ3) is 4.65. The van der Waals surface area contributed by atoms with Crippen molar-refractivity contribution in [3.63, 3.8) is 0 Å². The van der Waals surface area contributed by atoms with Crippen LogP contribution in [0.25, 0.3) is 10.8 Å². The van der Waals surface area contributed by atoms with E-state index in [4.69, 9.17) is 9.47 Å². The van der Waals surface area contributed by atoms with Crippen molar-refractivity contribution < 1.29 is 19.1 Å². The average Bonchev–Trinajstić information content (AvgIpc) is 2.87. The Morgan fingerprint density at radius 2 is 1.64 bits per heavy atom. The summed E-state index contributed by atoms with van der Waals surface area (Å²) in [5, 5.41) is 4.88. The van der Waals surface area contributed by atoms with Crippen LogP contribution >= 0.6 is 0 Å². The topological polar surface area (TPSA) is 67.9 Å². The molecule has 0 bridgehead atoms. The molecule has 2 atom stereocenters. The first kappa shape index (κ1) is 22.6. The molecule has 1 N–H and O–H groups in total. The predicted molar refractivity (Wildman–Crippen MR) is 129 cm³/mol. The Labute approximate surface area is 194 Å². The van der Waals surface area contributed by atoms with Crippen molar-refractivity contribution in [2.75, 3.05) is 27.3 Å². The lowest BCUT2D eigenvalue weighted by molar-refractivity contribution is -0.127. The number of nitrogens with zero attached hydrogens (tertiary/aromatic N) is 1. The second-order valence-corrected chi connectivity index (χ2v) is 8.42. The summed E-state index contributed by atoms with van der Waals surface area (Å²) in [6, 6.07) is 18.9. The zero-order valence-corrected chi connectivity index (χ0v) is 19.3. The van der Waals surface area contributed by atoms with Gasteiger partial charge in [-0.05, 0) is 43.4 Å². The summed E-state index contributed by atoms with van der Waals surface area (Å²) in [7, 11) is 3.25. The highest BCUT2D eigenvalue weighted by molar-refractivity contribution is 6.08. The Balaban J connectivity index is 1.49. The molecule has 33 heavy (non-hydrogen) atoms. The van der Waals surface area contributed by atoms with E-state index >= 15 is 0 Å². The van der Waals surface area contributed by atoms with Crippen molar-refractivity contribution in [3.8, 4) is 11.5 Å². The molecule has 2 unspecified atom stereocenters. The fourth-order valence-electron chi connectivity index (χ4n) is 4.62. The molecular formula is C27H30N2O4. The van der Waals surface area contributed by atoms with E-state index < -0.39 is 0 Å². The maximum Gasteiger partial charge on any atom is 0.254 e. The van der Waals surface area contributed by atoms with E-state index in [1.165, 1.54) is 0 Å². The lowest BCUT2D eigenvalue weighted by atomic mass is 9.95. The van der Waals surface area contributed by atoms with E-state index in [9.17, 15) is 9.59 Å². The summed E-state index contributed by atoms with van der Waals surface area (Å²) in [5.74, 6) is 1.15. The Hall–Kier alpha value is -3.54. The van der Waals surface area contributed by atoms with Crippen molar-refractivity contribution in [2.24, 2.45) is 5.92 Å². The number of hydrogen-bond acceptors (Lipinski definition) is 4. The number of carbonyl (C=O) groups is 2. The number of carbonyl (C=O) groups excluding carboxylic acids is 2. The minimum Gasteiger partial charge on any atom is -0.496 e. The maximum absolute atomic E-state index is 13.4. The second-order valence-electron chi connectivity index (χ2n) is 8.42. The van der Waals surface area contributed by atoms with Gasteiger partial charge in [0.05, 0.1) is 26.2 Å². The largest absolute Gasteiger partial charge is 0.496 e. The summed E-state index contributed by atoms with van der Waals surface area (Å²) >= 11 is 0. The van der Waals surface area contributed by atoms with Crippen LogP contribution in [0.15, 0.2) is 60.7 Å². The summed E-state index contributed by atoms with van der Waals surface area (Å²) < 4.78 is 10.9. The highest BCUT2D eigenvalue weighted by Gasteiger charge is 2.30. The number of ether oxygens (including phenoxy) is 2. The molecule has 4 rings (SSSR count).